The van der Waals surface area contributed by atoms with Crippen LogP contribution < -0.4 is 10.9 Å². The minimum absolute atomic E-state index is 0.169. The number of hydrogen-bond acceptors (Lipinski definition) is 5. The largest absolute Gasteiger partial charge is 0.506 e. The molecule has 4 aromatic rings. The number of aromatic amines is 1. The molecule has 7 heteroatoms. The van der Waals surface area contributed by atoms with E-state index in [-0.39, 0.29) is 17.9 Å². The van der Waals surface area contributed by atoms with Crippen LogP contribution in [0, 0.1) is 0 Å². The first-order valence-electron chi connectivity index (χ1n) is 8.25. The molecule has 1 amide bonds. The summed E-state index contributed by atoms with van der Waals surface area (Å²) in [5, 5.41) is 16.1. The molecule has 0 atom stereocenters. The van der Waals surface area contributed by atoms with Crippen molar-refractivity contribution in [3.63, 3.8) is 0 Å². The molecule has 0 aliphatic carbocycles. The number of nitrogens with one attached hydrogen (secondary N) is 2. The molecule has 2 aromatic carbocycles. The minimum Gasteiger partial charge on any atom is -0.506 e. The number of H-pyrrole nitrogens is 1. The lowest BCUT2D eigenvalue weighted by atomic mass is 10.1. The second kappa shape index (κ2) is 7.05. The van der Waals surface area contributed by atoms with Crippen LogP contribution in [0.3, 0.4) is 0 Å². The van der Waals surface area contributed by atoms with E-state index in [1.807, 2.05) is 35.7 Å². The van der Waals surface area contributed by atoms with Gasteiger partial charge in [-0.25, -0.2) is 4.98 Å². The normalized spacial score (nSPS) is 10.8. The van der Waals surface area contributed by atoms with Crippen LogP contribution in [-0.2, 0) is 6.54 Å². The molecule has 0 spiro atoms. The molecule has 0 bridgehead atoms. The van der Waals surface area contributed by atoms with Crippen molar-refractivity contribution in [3.8, 4) is 17.0 Å². The molecular formula is C20H15N3O3S. The van der Waals surface area contributed by atoms with Gasteiger partial charge in [-0.2, -0.15) is 0 Å². The van der Waals surface area contributed by atoms with E-state index in [1.54, 1.807) is 24.3 Å². The maximum absolute atomic E-state index is 12.5. The Hall–Kier alpha value is -3.45. The number of fused-ring (bicyclic) bond motifs is 1. The zero-order chi connectivity index (χ0) is 18.8. The summed E-state index contributed by atoms with van der Waals surface area (Å²) in [6.07, 6.45) is 0. The van der Waals surface area contributed by atoms with Crippen molar-refractivity contribution < 1.29 is 9.90 Å². The number of para-hydroxylation sites is 1. The van der Waals surface area contributed by atoms with Gasteiger partial charge in [-0.1, -0.05) is 42.5 Å². The number of carbonyl (C=O) groups excluding carboxylic acids is 1. The van der Waals surface area contributed by atoms with Crippen molar-refractivity contribution in [3.05, 3.63) is 80.9 Å². The van der Waals surface area contributed by atoms with E-state index in [9.17, 15) is 14.7 Å². The number of nitrogens with zero attached hydrogens (tertiary/aromatic N) is 1. The Labute approximate surface area is 158 Å². The third-order valence-electron chi connectivity index (χ3n) is 4.14. The number of carbonyl (C=O) groups is 1. The molecule has 0 radical (unpaired) electrons. The van der Waals surface area contributed by atoms with Crippen LogP contribution in [0.25, 0.3) is 22.2 Å². The van der Waals surface area contributed by atoms with Crippen LogP contribution in [0.5, 0.6) is 5.75 Å². The van der Waals surface area contributed by atoms with Gasteiger partial charge in [0.2, 0.25) is 0 Å². The molecule has 0 unspecified atom stereocenters. The Bertz CT molecular complexity index is 1180. The van der Waals surface area contributed by atoms with Gasteiger partial charge in [-0.3, -0.25) is 9.59 Å². The van der Waals surface area contributed by atoms with Crippen molar-refractivity contribution in [2.45, 2.75) is 6.54 Å². The van der Waals surface area contributed by atoms with E-state index in [0.717, 1.165) is 11.3 Å². The third-order valence-corrected chi connectivity index (χ3v) is 4.99. The SMILES string of the molecule is O=C(NCc1nc(-c2ccccc2)cs1)c1c(O)c2ccccc2[nH]c1=O. The standard InChI is InChI=1S/C20H15N3O3S/c24-18-13-8-4-5-9-14(13)23-20(26)17(18)19(25)21-10-16-22-15(11-27-16)12-6-2-1-3-7-12/h1-9,11H,10H2,(H,21,25)(H2,23,24,26). The molecule has 2 aromatic heterocycles. The number of thiazole rings is 1. The molecule has 0 aliphatic rings. The third kappa shape index (κ3) is 3.32. The Morgan fingerprint density at radius 3 is 2.67 bits per heavy atom. The Balaban J connectivity index is 1.55. The number of pyridine rings is 1. The molecule has 6 nitrogen and oxygen atoms in total. The second-order valence-electron chi connectivity index (χ2n) is 5.90. The predicted molar refractivity (Wildman–Crippen MR) is 105 cm³/mol. The van der Waals surface area contributed by atoms with Crippen LogP contribution in [-0.4, -0.2) is 21.0 Å². The summed E-state index contributed by atoms with van der Waals surface area (Å²) in [5.74, 6) is -0.966. The van der Waals surface area contributed by atoms with Gasteiger partial charge in [0.25, 0.3) is 11.5 Å². The summed E-state index contributed by atoms with van der Waals surface area (Å²) in [4.78, 5) is 31.8. The zero-order valence-corrected chi connectivity index (χ0v) is 14.9. The van der Waals surface area contributed by atoms with Gasteiger partial charge in [-0.15, -0.1) is 11.3 Å². The molecule has 2 heterocycles. The quantitative estimate of drug-likeness (QED) is 0.509. The topological polar surface area (TPSA) is 95.1 Å². The molecule has 0 aliphatic heterocycles. The van der Waals surface area contributed by atoms with E-state index in [4.69, 9.17) is 0 Å². The fourth-order valence-electron chi connectivity index (χ4n) is 2.81. The van der Waals surface area contributed by atoms with E-state index in [2.05, 4.69) is 15.3 Å². The average molecular weight is 377 g/mol. The van der Waals surface area contributed by atoms with Crippen LogP contribution in [0.2, 0.25) is 0 Å². The first-order chi connectivity index (χ1) is 13.1. The molecular weight excluding hydrogens is 362 g/mol. The van der Waals surface area contributed by atoms with Crippen molar-refractivity contribution >= 4 is 28.1 Å². The maximum atomic E-state index is 12.5. The van der Waals surface area contributed by atoms with E-state index < -0.39 is 11.5 Å². The van der Waals surface area contributed by atoms with Crippen LogP contribution >= 0.6 is 11.3 Å². The fraction of sp³-hybridized carbons (Fsp3) is 0.0500. The van der Waals surface area contributed by atoms with Crippen molar-refractivity contribution in [2.75, 3.05) is 0 Å². The smallest absolute Gasteiger partial charge is 0.265 e. The predicted octanol–water partition coefficient (Wildman–Crippen LogP) is 3.29. The van der Waals surface area contributed by atoms with Gasteiger partial charge in [0, 0.05) is 16.3 Å². The van der Waals surface area contributed by atoms with Gasteiger partial charge >= 0.3 is 0 Å². The molecule has 27 heavy (non-hydrogen) atoms. The Morgan fingerprint density at radius 2 is 1.85 bits per heavy atom. The highest BCUT2D eigenvalue weighted by Gasteiger charge is 2.19. The molecule has 0 saturated heterocycles. The first kappa shape index (κ1) is 17.0. The van der Waals surface area contributed by atoms with Crippen LogP contribution in [0.4, 0.5) is 0 Å². The van der Waals surface area contributed by atoms with Crippen LogP contribution in [0.15, 0.2) is 64.8 Å². The van der Waals surface area contributed by atoms with Crippen LogP contribution in [0.1, 0.15) is 15.4 Å². The van der Waals surface area contributed by atoms with Gasteiger partial charge in [0.15, 0.2) is 0 Å². The lowest BCUT2D eigenvalue weighted by Gasteiger charge is -2.07. The number of aromatic nitrogens is 2. The van der Waals surface area contributed by atoms with Gasteiger partial charge in [0.1, 0.15) is 16.3 Å². The summed E-state index contributed by atoms with van der Waals surface area (Å²) in [6.45, 7) is 0.169. The molecule has 0 saturated carbocycles. The van der Waals surface area contributed by atoms with E-state index in [1.165, 1.54) is 11.3 Å². The van der Waals surface area contributed by atoms with Gasteiger partial charge < -0.3 is 15.4 Å². The minimum atomic E-state index is -0.643. The van der Waals surface area contributed by atoms with Gasteiger partial charge in [0.05, 0.1) is 17.8 Å². The van der Waals surface area contributed by atoms with Crippen molar-refractivity contribution in [2.24, 2.45) is 0 Å². The van der Waals surface area contributed by atoms with Crippen molar-refractivity contribution in [1.29, 1.82) is 0 Å². The highest BCUT2D eigenvalue weighted by Crippen LogP contribution is 2.25. The molecule has 4 rings (SSSR count). The highest BCUT2D eigenvalue weighted by molar-refractivity contribution is 7.09. The van der Waals surface area contributed by atoms with E-state index >= 15 is 0 Å². The highest BCUT2D eigenvalue weighted by atomic mass is 32.1. The Kier molecular flexibility index (Phi) is 4.43. The maximum Gasteiger partial charge on any atom is 0.265 e. The molecule has 3 N–H and O–H groups in total. The Morgan fingerprint density at radius 1 is 1.11 bits per heavy atom. The summed E-state index contributed by atoms with van der Waals surface area (Å²) in [5.41, 5.74) is 1.37. The fourth-order valence-corrected chi connectivity index (χ4v) is 3.56. The average Bonchev–Trinajstić information content (AvgIpc) is 3.16. The number of aromatic hydroxyl groups is 1. The summed E-state index contributed by atoms with van der Waals surface area (Å²) >= 11 is 1.42. The summed E-state index contributed by atoms with van der Waals surface area (Å²) in [7, 11) is 0. The number of rotatable bonds is 4. The summed E-state index contributed by atoms with van der Waals surface area (Å²) < 4.78 is 0. The zero-order valence-electron chi connectivity index (χ0n) is 14.1. The summed E-state index contributed by atoms with van der Waals surface area (Å²) in [6, 6.07) is 16.5. The molecule has 0 fully saturated rings. The monoisotopic (exact) mass is 377 g/mol. The van der Waals surface area contributed by atoms with Crippen molar-refractivity contribution in [1.82, 2.24) is 15.3 Å². The van der Waals surface area contributed by atoms with E-state index in [0.29, 0.717) is 15.9 Å². The first-order valence-corrected chi connectivity index (χ1v) is 9.13. The number of benzene rings is 2. The lowest BCUT2D eigenvalue weighted by Crippen LogP contribution is -2.29. The number of hydrogen-bond donors (Lipinski definition) is 3. The molecule has 134 valence electrons. The lowest BCUT2D eigenvalue weighted by molar-refractivity contribution is 0.0947. The van der Waals surface area contributed by atoms with Gasteiger partial charge in [-0.05, 0) is 12.1 Å². The second-order valence-corrected chi connectivity index (χ2v) is 6.84. The number of amides is 1.